The lowest BCUT2D eigenvalue weighted by atomic mass is 9.88. The minimum absolute atomic E-state index is 0.0851. The van der Waals surface area contributed by atoms with Gasteiger partial charge in [-0.1, -0.05) is 46.5 Å². The Hall–Kier alpha value is -0.240. The first-order chi connectivity index (χ1) is 13.2. The van der Waals surface area contributed by atoms with Gasteiger partial charge in [0.25, 0.3) is 0 Å². The van der Waals surface area contributed by atoms with Crippen LogP contribution in [0.4, 0.5) is 0 Å². The van der Waals surface area contributed by atoms with Crippen LogP contribution in [-0.2, 0) is 0 Å². The van der Waals surface area contributed by atoms with E-state index >= 15 is 0 Å². The van der Waals surface area contributed by atoms with Crippen molar-refractivity contribution in [1.29, 1.82) is 0 Å². The molecular weight excluding hydrogens is 358 g/mol. The number of nitrogens with two attached hydrogens (primary N) is 1. The summed E-state index contributed by atoms with van der Waals surface area (Å²) in [6, 6.07) is 0. The molecule has 0 saturated carbocycles. The van der Waals surface area contributed by atoms with Crippen molar-refractivity contribution in [2.45, 2.75) is 122 Å². The molecule has 6 heteroatoms. The van der Waals surface area contributed by atoms with Crippen molar-refractivity contribution >= 4 is 0 Å². The van der Waals surface area contributed by atoms with Gasteiger partial charge < -0.3 is 31.3 Å². The van der Waals surface area contributed by atoms with Crippen LogP contribution in [-0.4, -0.2) is 62.6 Å². The van der Waals surface area contributed by atoms with E-state index in [2.05, 4.69) is 6.92 Å². The van der Waals surface area contributed by atoms with Crippen LogP contribution in [0.2, 0.25) is 0 Å². The zero-order valence-corrected chi connectivity index (χ0v) is 18.3. The van der Waals surface area contributed by atoms with Crippen LogP contribution in [0.5, 0.6) is 0 Å². The van der Waals surface area contributed by atoms with E-state index in [0.717, 1.165) is 32.1 Å². The molecule has 0 radical (unpaired) electrons. The molecule has 0 aromatic rings. The third-order valence-electron chi connectivity index (χ3n) is 5.68. The van der Waals surface area contributed by atoms with Crippen LogP contribution in [0.1, 0.15) is 91.4 Å². The number of rotatable bonds is 18. The van der Waals surface area contributed by atoms with Gasteiger partial charge in [-0.25, -0.2) is 0 Å². The fourth-order valence-electron chi connectivity index (χ4n) is 3.81. The van der Waals surface area contributed by atoms with Crippen LogP contribution in [0.3, 0.4) is 0 Å². The molecule has 0 aromatic heterocycles. The molecule has 0 spiro atoms. The van der Waals surface area contributed by atoms with Gasteiger partial charge in [0.2, 0.25) is 0 Å². The highest BCUT2D eigenvalue weighted by Gasteiger charge is 2.25. The predicted molar refractivity (Wildman–Crippen MR) is 114 cm³/mol. The van der Waals surface area contributed by atoms with Crippen LogP contribution >= 0.6 is 0 Å². The highest BCUT2D eigenvalue weighted by Crippen LogP contribution is 2.22. The summed E-state index contributed by atoms with van der Waals surface area (Å²) >= 11 is 0. The summed E-state index contributed by atoms with van der Waals surface area (Å²) in [5.41, 5.74) is 5.38. The van der Waals surface area contributed by atoms with Crippen molar-refractivity contribution in [2.75, 3.05) is 6.54 Å². The molecule has 0 fully saturated rings. The summed E-state index contributed by atoms with van der Waals surface area (Å²) in [7, 11) is 0. The Morgan fingerprint density at radius 1 is 0.679 bits per heavy atom. The van der Waals surface area contributed by atoms with Crippen molar-refractivity contribution in [3.63, 3.8) is 0 Å². The molecule has 6 nitrogen and oxygen atoms in total. The summed E-state index contributed by atoms with van der Waals surface area (Å²) in [5.74, 6) is 0.219. The molecule has 170 valence electrons. The normalized spacial score (nSPS) is 19.6. The maximum Gasteiger partial charge on any atom is 0.0824 e. The topological polar surface area (TPSA) is 127 Å². The minimum atomic E-state index is -0.746. The van der Waals surface area contributed by atoms with Crippen LogP contribution in [0.25, 0.3) is 0 Å². The van der Waals surface area contributed by atoms with E-state index in [9.17, 15) is 25.5 Å². The first-order valence-corrected chi connectivity index (χ1v) is 11.3. The van der Waals surface area contributed by atoms with E-state index in [-0.39, 0.29) is 11.8 Å². The second-order valence-electron chi connectivity index (χ2n) is 8.81. The van der Waals surface area contributed by atoms with Gasteiger partial charge in [-0.05, 0) is 63.3 Å². The Bertz CT molecular complexity index is 358. The third-order valence-corrected chi connectivity index (χ3v) is 5.68. The minimum Gasteiger partial charge on any atom is -0.393 e. The summed E-state index contributed by atoms with van der Waals surface area (Å²) in [6.45, 7) is 6.51. The molecule has 7 atom stereocenters. The van der Waals surface area contributed by atoms with Crippen molar-refractivity contribution in [3.05, 3.63) is 0 Å². The highest BCUT2D eigenvalue weighted by molar-refractivity contribution is 4.76. The van der Waals surface area contributed by atoms with E-state index in [1.165, 1.54) is 0 Å². The lowest BCUT2D eigenvalue weighted by molar-refractivity contribution is -0.0288. The molecule has 7 N–H and O–H groups in total. The molecule has 0 amide bonds. The third kappa shape index (κ3) is 13.9. The van der Waals surface area contributed by atoms with E-state index < -0.39 is 30.5 Å². The summed E-state index contributed by atoms with van der Waals surface area (Å²) < 4.78 is 0. The quantitative estimate of drug-likeness (QED) is 0.194. The number of unbranched alkanes of at least 4 members (excludes halogenated alkanes) is 2. The number of hydrogen-bond acceptors (Lipinski definition) is 6. The van der Waals surface area contributed by atoms with E-state index in [4.69, 9.17) is 5.73 Å². The Balaban J connectivity index is 3.95. The largest absolute Gasteiger partial charge is 0.393 e. The summed E-state index contributed by atoms with van der Waals surface area (Å²) in [4.78, 5) is 0. The van der Waals surface area contributed by atoms with Gasteiger partial charge in [0.15, 0.2) is 0 Å². The molecule has 28 heavy (non-hydrogen) atoms. The maximum absolute atomic E-state index is 10.3. The molecule has 0 rings (SSSR count). The Morgan fingerprint density at radius 3 is 1.75 bits per heavy atom. The van der Waals surface area contributed by atoms with Crippen molar-refractivity contribution in [2.24, 2.45) is 17.6 Å². The second kappa shape index (κ2) is 16.5. The lowest BCUT2D eigenvalue weighted by Crippen LogP contribution is -2.34. The Kier molecular flexibility index (Phi) is 16.4. The fraction of sp³-hybridized carbons (Fsp3) is 1.00. The van der Waals surface area contributed by atoms with Gasteiger partial charge in [0.1, 0.15) is 0 Å². The number of hydrogen-bond donors (Lipinski definition) is 6. The zero-order chi connectivity index (χ0) is 21.5. The summed E-state index contributed by atoms with van der Waals surface area (Å²) in [5, 5.41) is 50.3. The number of aliphatic hydroxyl groups excluding tert-OH is 5. The Labute approximate surface area is 172 Å². The predicted octanol–water partition coefficient (Wildman–Crippen LogP) is 2.33. The molecule has 0 aliphatic carbocycles. The molecule has 0 bridgehead atoms. The first kappa shape index (κ1) is 27.8. The second-order valence-corrected chi connectivity index (χ2v) is 8.81. The number of aliphatic hydroxyl groups is 5. The highest BCUT2D eigenvalue weighted by atomic mass is 16.3. The average molecular weight is 406 g/mol. The van der Waals surface area contributed by atoms with E-state index in [1.54, 1.807) is 0 Å². The smallest absolute Gasteiger partial charge is 0.0824 e. The molecule has 0 aliphatic rings. The lowest BCUT2D eigenvalue weighted by Gasteiger charge is -2.26. The van der Waals surface area contributed by atoms with E-state index in [1.807, 2.05) is 13.8 Å². The van der Waals surface area contributed by atoms with Crippen molar-refractivity contribution < 1.29 is 25.5 Å². The van der Waals surface area contributed by atoms with E-state index in [0.29, 0.717) is 45.1 Å². The Morgan fingerprint density at radius 2 is 1.21 bits per heavy atom. The van der Waals surface area contributed by atoms with Crippen LogP contribution < -0.4 is 5.73 Å². The van der Waals surface area contributed by atoms with Gasteiger partial charge in [0, 0.05) is 0 Å². The standard InChI is InChI=1S/C22H47NO5/c1-4-5-8-17(3)22(28)21(27)14-16(2)13-18(24)9-6-7-10-19(25)15-20(26)11-12-23/h16-22,24-28H,4-15,23H2,1-3H3. The molecule has 0 heterocycles. The monoisotopic (exact) mass is 405 g/mol. The molecule has 7 unspecified atom stereocenters. The van der Waals surface area contributed by atoms with Crippen LogP contribution in [0.15, 0.2) is 0 Å². The van der Waals surface area contributed by atoms with Crippen molar-refractivity contribution in [1.82, 2.24) is 0 Å². The molecule has 0 aliphatic heterocycles. The average Bonchev–Trinajstić information content (AvgIpc) is 2.62. The zero-order valence-electron chi connectivity index (χ0n) is 18.3. The maximum atomic E-state index is 10.3. The van der Waals surface area contributed by atoms with Crippen LogP contribution in [0, 0.1) is 11.8 Å². The van der Waals surface area contributed by atoms with Gasteiger partial charge in [0.05, 0.1) is 30.5 Å². The first-order valence-electron chi connectivity index (χ1n) is 11.3. The van der Waals surface area contributed by atoms with Gasteiger partial charge in [-0.15, -0.1) is 0 Å². The summed E-state index contributed by atoms with van der Waals surface area (Å²) in [6.07, 6.45) is 4.96. The molecule has 0 aromatic carbocycles. The van der Waals surface area contributed by atoms with Gasteiger partial charge in [-0.2, -0.15) is 0 Å². The SMILES string of the molecule is CCCCC(C)C(O)C(O)CC(C)CC(O)CCCCC(O)CC(O)CCN. The molecule has 0 saturated heterocycles. The van der Waals surface area contributed by atoms with Gasteiger partial charge >= 0.3 is 0 Å². The fourth-order valence-corrected chi connectivity index (χ4v) is 3.81. The van der Waals surface area contributed by atoms with Gasteiger partial charge in [-0.3, -0.25) is 0 Å². The van der Waals surface area contributed by atoms with Crippen molar-refractivity contribution in [3.8, 4) is 0 Å². The molecular formula is C22H47NO5.